The molecular weight excluding hydrogens is 264 g/mol. The minimum Gasteiger partial charge on any atom is -0.481 e. The number of benzene rings is 1. The minimum atomic E-state index is -0.879. The Morgan fingerprint density at radius 1 is 1.30 bits per heavy atom. The Hall–Kier alpha value is -2.44. The van der Waals surface area contributed by atoms with Crippen LogP contribution in [0, 0.1) is 22.0 Å². The van der Waals surface area contributed by atoms with Gasteiger partial charge in [0.05, 0.1) is 10.8 Å². The summed E-state index contributed by atoms with van der Waals surface area (Å²) < 4.78 is 0. The molecule has 7 nitrogen and oxygen atoms in total. The molecule has 1 aliphatic carbocycles. The van der Waals surface area contributed by atoms with Gasteiger partial charge in [0.1, 0.15) is 0 Å². The minimum absolute atomic E-state index is 0.0994. The van der Waals surface area contributed by atoms with Crippen molar-refractivity contribution in [3.8, 4) is 0 Å². The molecule has 1 aromatic carbocycles. The van der Waals surface area contributed by atoms with Crippen molar-refractivity contribution in [2.24, 2.45) is 11.8 Å². The van der Waals surface area contributed by atoms with Crippen molar-refractivity contribution < 1.29 is 19.6 Å². The number of anilines is 1. The van der Waals surface area contributed by atoms with E-state index in [0.29, 0.717) is 24.9 Å². The Balaban J connectivity index is 2.00. The van der Waals surface area contributed by atoms with E-state index < -0.39 is 16.8 Å². The molecule has 0 radical (unpaired) electrons. The lowest BCUT2D eigenvalue weighted by Crippen LogP contribution is -2.21. The highest BCUT2D eigenvalue weighted by Crippen LogP contribution is 2.32. The normalized spacial score (nSPS) is 21.4. The Bertz CT molecular complexity index is 557. The highest BCUT2D eigenvalue weighted by molar-refractivity contribution is 5.93. The predicted octanol–water partition coefficient (Wildman–Crippen LogP) is 2.03. The van der Waals surface area contributed by atoms with Crippen molar-refractivity contribution in [2.75, 3.05) is 5.32 Å². The third-order valence-electron chi connectivity index (χ3n) is 3.48. The van der Waals surface area contributed by atoms with E-state index in [1.165, 1.54) is 18.2 Å². The van der Waals surface area contributed by atoms with Crippen LogP contribution in [0.3, 0.4) is 0 Å². The van der Waals surface area contributed by atoms with Crippen LogP contribution < -0.4 is 5.32 Å². The number of carbonyl (C=O) groups is 2. The lowest BCUT2D eigenvalue weighted by atomic mass is 10.0. The maximum atomic E-state index is 12.0. The topological polar surface area (TPSA) is 110 Å². The molecule has 0 unspecified atom stereocenters. The van der Waals surface area contributed by atoms with Crippen molar-refractivity contribution in [1.29, 1.82) is 0 Å². The molecule has 1 aliphatic rings. The molecular formula is C13H14N2O5. The molecule has 7 heteroatoms. The van der Waals surface area contributed by atoms with Gasteiger partial charge in [-0.2, -0.15) is 0 Å². The third kappa shape index (κ3) is 3.11. The number of hydrogen-bond donors (Lipinski definition) is 2. The second-order valence-electron chi connectivity index (χ2n) is 4.84. The predicted molar refractivity (Wildman–Crippen MR) is 70.2 cm³/mol. The number of nitro benzene ring substituents is 1. The summed E-state index contributed by atoms with van der Waals surface area (Å²) in [5, 5.41) is 22.1. The van der Waals surface area contributed by atoms with Crippen LogP contribution in [0.4, 0.5) is 11.4 Å². The fraction of sp³-hybridized carbons (Fsp3) is 0.385. The summed E-state index contributed by atoms with van der Waals surface area (Å²) in [5.41, 5.74) is 0.251. The van der Waals surface area contributed by atoms with Crippen molar-refractivity contribution in [3.05, 3.63) is 34.4 Å². The summed E-state index contributed by atoms with van der Waals surface area (Å²) in [5.74, 6) is -1.99. The number of hydrogen-bond acceptors (Lipinski definition) is 4. The molecule has 1 amide bonds. The van der Waals surface area contributed by atoms with Crippen LogP contribution in [0.1, 0.15) is 19.3 Å². The highest BCUT2D eigenvalue weighted by Gasteiger charge is 2.33. The molecule has 20 heavy (non-hydrogen) atoms. The van der Waals surface area contributed by atoms with Gasteiger partial charge in [-0.05, 0) is 25.3 Å². The SMILES string of the molecule is O=C(O)[C@@H]1CC[C@H](C(=O)Nc2cccc([N+](=O)[O-])c2)C1. The fourth-order valence-electron chi connectivity index (χ4n) is 2.39. The second kappa shape index (κ2) is 5.68. The van der Waals surface area contributed by atoms with E-state index in [-0.39, 0.29) is 17.5 Å². The Labute approximate surface area is 114 Å². The molecule has 0 aromatic heterocycles. The first-order valence-corrected chi connectivity index (χ1v) is 6.25. The number of aliphatic carboxylic acids is 1. The molecule has 106 valence electrons. The highest BCUT2D eigenvalue weighted by atomic mass is 16.6. The molecule has 1 aromatic rings. The zero-order chi connectivity index (χ0) is 14.7. The number of carboxylic acids is 1. The van der Waals surface area contributed by atoms with Crippen molar-refractivity contribution in [1.82, 2.24) is 0 Å². The average molecular weight is 278 g/mol. The molecule has 0 spiro atoms. The first-order valence-electron chi connectivity index (χ1n) is 6.25. The number of nitro groups is 1. The van der Waals surface area contributed by atoms with Gasteiger partial charge < -0.3 is 10.4 Å². The summed E-state index contributed by atoms with van der Waals surface area (Å²) >= 11 is 0. The van der Waals surface area contributed by atoms with Gasteiger partial charge in [-0.3, -0.25) is 19.7 Å². The summed E-state index contributed by atoms with van der Waals surface area (Å²) in [6, 6.07) is 5.67. The van der Waals surface area contributed by atoms with Gasteiger partial charge in [-0.15, -0.1) is 0 Å². The van der Waals surface area contributed by atoms with E-state index in [1.54, 1.807) is 6.07 Å². The standard InChI is InChI=1S/C13H14N2O5/c16-12(8-4-5-9(6-8)13(17)18)14-10-2-1-3-11(7-10)15(19)20/h1-3,7-9H,4-6H2,(H,14,16)(H,17,18)/t8-,9+/m0/s1. The zero-order valence-corrected chi connectivity index (χ0v) is 10.6. The molecule has 2 N–H and O–H groups in total. The zero-order valence-electron chi connectivity index (χ0n) is 10.6. The summed E-state index contributed by atoms with van der Waals surface area (Å²) in [7, 11) is 0. The van der Waals surface area contributed by atoms with E-state index in [0.717, 1.165) is 0 Å². The molecule has 1 fully saturated rings. The summed E-state index contributed by atoms with van der Waals surface area (Å²) in [6.45, 7) is 0. The largest absolute Gasteiger partial charge is 0.481 e. The van der Waals surface area contributed by atoms with Gasteiger partial charge in [-0.1, -0.05) is 6.07 Å². The lowest BCUT2D eigenvalue weighted by Gasteiger charge is -2.10. The van der Waals surface area contributed by atoms with Gasteiger partial charge >= 0.3 is 5.97 Å². The van der Waals surface area contributed by atoms with Crippen LogP contribution in [0.25, 0.3) is 0 Å². The number of carboxylic acid groups (broad SMARTS) is 1. The molecule has 2 atom stereocenters. The number of nitrogens with one attached hydrogen (secondary N) is 1. The van der Waals surface area contributed by atoms with Gasteiger partial charge in [0.25, 0.3) is 5.69 Å². The van der Waals surface area contributed by atoms with E-state index in [9.17, 15) is 19.7 Å². The van der Waals surface area contributed by atoms with Crippen LogP contribution in [-0.2, 0) is 9.59 Å². The summed E-state index contributed by atoms with van der Waals surface area (Å²) in [6.07, 6.45) is 1.33. The average Bonchev–Trinajstić information content (AvgIpc) is 2.88. The molecule has 1 saturated carbocycles. The Kier molecular flexibility index (Phi) is 3.97. The van der Waals surface area contributed by atoms with E-state index >= 15 is 0 Å². The van der Waals surface area contributed by atoms with Gasteiger partial charge in [0.15, 0.2) is 0 Å². The van der Waals surface area contributed by atoms with Gasteiger partial charge in [0.2, 0.25) is 5.91 Å². The van der Waals surface area contributed by atoms with Crippen LogP contribution in [0.15, 0.2) is 24.3 Å². The van der Waals surface area contributed by atoms with Crippen molar-refractivity contribution in [3.63, 3.8) is 0 Å². The molecule has 0 aliphatic heterocycles. The number of carbonyl (C=O) groups excluding carboxylic acids is 1. The van der Waals surface area contributed by atoms with E-state index in [2.05, 4.69) is 5.32 Å². The first-order chi connectivity index (χ1) is 9.47. The van der Waals surface area contributed by atoms with E-state index in [4.69, 9.17) is 5.11 Å². The smallest absolute Gasteiger partial charge is 0.306 e. The van der Waals surface area contributed by atoms with Crippen LogP contribution in [0.2, 0.25) is 0 Å². The molecule has 0 saturated heterocycles. The van der Waals surface area contributed by atoms with Crippen molar-refractivity contribution >= 4 is 23.3 Å². The Morgan fingerprint density at radius 3 is 2.60 bits per heavy atom. The van der Waals surface area contributed by atoms with Crippen LogP contribution >= 0.6 is 0 Å². The quantitative estimate of drug-likeness (QED) is 0.646. The Morgan fingerprint density at radius 2 is 2.00 bits per heavy atom. The molecule has 0 heterocycles. The monoisotopic (exact) mass is 278 g/mol. The van der Waals surface area contributed by atoms with Gasteiger partial charge in [-0.25, -0.2) is 0 Å². The number of amides is 1. The lowest BCUT2D eigenvalue weighted by molar-refractivity contribution is -0.384. The molecule has 0 bridgehead atoms. The fourth-order valence-corrected chi connectivity index (χ4v) is 2.39. The maximum Gasteiger partial charge on any atom is 0.306 e. The van der Waals surface area contributed by atoms with Crippen molar-refractivity contribution in [2.45, 2.75) is 19.3 Å². The second-order valence-corrected chi connectivity index (χ2v) is 4.84. The number of rotatable bonds is 4. The number of nitrogens with zero attached hydrogens (tertiary/aromatic N) is 1. The maximum absolute atomic E-state index is 12.0. The van der Waals surface area contributed by atoms with Crippen LogP contribution in [-0.4, -0.2) is 21.9 Å². The first kappa shape index (κ1) is 14.0. The van der Waals surface area contributed by atoms with E-state index in [1.807, 2.05) is 0 Å². The summed E-state index contributed by atoms with van der Waals surface area (Å²) in [4.78, 5) is 32.9. The third-order valence-corrected chi connectivity index (χ3v) is 3.48. The van der Waals surface area contributed by atoms with Crippen LogP contribution in [0.5, 0.6) is 0 Å². The van der Waals surface area contributed by atoms with Gasteiger partial charge in [0, 0.05) is 23.7 Å². The molecule has 2 rings (SSSR count). The number of non-ortho nitro benzene ring substituents is 1.